The molecule has 18 heavy (non-hydrogen) atoms. The molecule has 0 radical (unpaired) electrons. The van der Waals surface area contributed by atoms with E-state index in [9.17, 15) is 21.6 Å². The van der Waals surface area contributed by atoms with Gasteiger partial charge >= 0.3 is 15.5 Å². The highest BCUT2D eigenvalue weighted by Gasteiger charge is 2.45. The number of hydrogen-bond acceptors (Lipinski definition) is 3. The summed E-state index contributed by atoms with van der Waals surface area (Å²) in [5, 5.41) is 0. The minimum atomic E-state index is -5.28. The number of sulfonamides is 1. The van der Waals surface area contributed by atoms with Crippen LogP contribution >= 0.6 is 0 Å². The number of methoxy groups -OCH3 is 1. The molecule has 1 rings (SSSR count). The lowest BCUT2D eigenvalue weighted by atomic mass is 10.1. The lowest BCUT2D eigenvalue weighted by Gasteiger charge is -2.09. The summed E-state index contributed by atoms with van der Waals surface area (Å²) in [7, 11) is -3.80. The highest BCUT2D eigenvalue weighted by molar-refractivity contribution is 7.90. The Kier molecular flexibility index (Phi) is 4.58. The van der Waals surface area contributed by atoms with Gasteiger partial charge in [-0.15, -0.1) is 0 Å². The molecule has 0 heterocycles. The molecule has 0 saturated carbocycles. The second kappa shape index (κ2) is 5.57. The van der Waals surface area contributed by atoms with Gasteiger partial charge in [0.2, 0.25) is 0 Å². The monoisotopic (exact) mass is 283 g/mol. The lowest BCUT2D eigenvalue weighted by Crippen LogP contribution is -2.37. The molecular formula is C10H12F3NO3S. The van der Waals surface area contributed by atoms with E-state index in [1.54, 1.807) is 24.3 Å². The van der Waals surface area contributed by atoms with E-state index in [4.69, 9.17) is 4.74 Å². The van der Waals surface area contributed by atoms with Crippen LogP contribution in [0.3, 0.4) is 0 Å². The smallest absolute Gasteiger partial charge is 0.497 e. The Morgan fingerprint density at radius 1 is 1.33 bits per heavy atom. The Morgan fingerprint density at radius 2 is 2.00 bits per heavy atom. The van der Waals surface area contributed by atoms with Crippen LogP contribution in [0.25, 0.3) is 0 Å². The molecule has 1 aromatic carbocycles. The first-order valence-electron chi connectivity index (χ1n) is 4.95. The van der Waals surface area contributed by atoms with Crippen molar-refractivity contribution in [3.63, 3.8) is 0 Å². The van der Waals surface area contributed by atoms with Crippen LogP contribution in [0, 0.1) is 0 Å². The average molecular weight is 283 g/mol. The van der Waals surface area contributed by atoms with Crippen molar-refractivity contribution in [1.29, 1.82) is 0 Å². The summed E-state index contributed by atoms with van der Waals surface area (Å²) >= 11 is 0. The van der Waals surface area contributed by atoms with E-state index in [-0.39, 0.29) is 13.0 Å². The zero-order valence-corrected chi connectivity index (χ0v) is 10.3. The Hall–Kier alpha value is -1.28. The molecule has 102 valence electrons. The van der Waals surface area contributed by atoms with E-state index < -0.39 is 15.5 Å². The van der Waals surface area contributed by atoms with Crippen molar-refractivity contribution < 1.29 is 26.3 Å². The second-order valence-electron chi connectivity index (χ2n) is 3.45. The Balaban J connectivity index is 2.57. The maximum atomic E-state index is 12.0. The molecule has 0 aromatic heterocycles. The number of alkyl halides is 3. The van der Waals surface area contributed by atoms with Crippen LogP contribution in [0.4, 0.5) is 13.2 Å². The molecule has 0 aliphatic carbocycles. The molecule has 0 amide bonds. The van der Waals surface area contributed by atoms with Gasteiger partial charge in [0.15, 0.2) is 0 Å². The van der Waals surface area contributed by atoms with Crippen molar-refractivity contribution in [2.24, 2.45) is 0 Å². The third-order valence-corrected chi connectivity index (χ3v) is 3.34. The van der Waals surface area contributed by atoms with Crippen molar-refractivity contribution in [3.8, 4) is 5.75 Å². The molecule has 0 unspecified atom stereocenters. The lowest BCUT2D eigenvalue weighted by molar-refractivity contribution is -0.0447. The normalized spacial score (nSPS) is 12.4. The van der Waals surface area contributed by atoms with Gasteiger partial charge in [0.1, 0.15) is 5.75 Å². The van der Waals surface area contributed by atoms with Crippen LogP contribution < -0.4 is 9.46 Å². The Morgan fingerprint density at radius 3 is 2.56 bits per heavy atom. The van der Waals surface area contributed by atoms with Crippen molar-refractivity contribution in [2.75, 3.05) is 13.7 Å². The number of nitrogens with one attached hydrogen (secondary N) is 1. The summed E-state index contributed by atoms with van der Waals surface area (Å²) in [6.45, 7) is -0.324. The maximum Gasteiger partial charge on any atom is 0.511 e. The summed E-state index contributed by atoms with van der Waals surface area (Å²) < 4.78 is 63.9. The molecule has 0 bridgehead atoms. The fraction of sp³-hybridized carbons (Fsp3) is 0.400. The molecule has 0 aliphatic rings. The highest BCUT2D eigenvalue weighted by Crippen LogP contribution is 2.21. The number of rotatable bonds is 5. The largest absolute Gasteiger partial charge is 0.511 e. The summed E-state index contributed by atoms with van der Waals surface area (Å²) in [6.07, 6.45) is 0.145. The molecule has 0 aliphatic heterocycles. The number of halogens is 3. The molecular weight excluding hydrogens is 271 g/mol. The molecule has 4 nitrogen and oxygen atoms in total. The Labute approximate surface area is 103 Å². The van der Waals surface area contributed by atoms with Gasteiger partial charge in [0.25, 0.3) is 0 Å². The predicted molar refractivity (Wildman–Crippen MR) is 59.7 cm³/mol. The first-order chi connectivity index (χ1) is 8.26. The van der Waals surface area contributed by atoms with Crippen LogP contribution in [0.15, 0.2) is 24.3 Å². The minimum absolute atomic E-state index is 0.145. The van der Waals surface area contributed by atoms with Gasteiger partial charge in [0, 0.05) is 6.54 Å². The van der Waals surface area contributed by atoms with Crippen LogP contribution in [0.2, 0.25) is 0 Å². The zero-order chi connectivity index (χ0) is 13.8. The zero-order valence-electron chi connectivity index (χ0n) is 9.49. The standard InChI is InChI=1S/C10H12F3NO3S/c1-17-9-4-2-3-8(7-9)5-6-14-18(15,16)10(11,12)13/h2-4,7,14H,5-6H2,1H3. The summed E-state index contributed by atoms with van der Waals surface area (Å²) in [4.78, 5) is 0. The number of benzene rings is 1. The first kappa shape index (κ1) is 14.8. The predicted octanol–water partition coefficient (Wildman–Crippen LogP) is 1.68. The van der Waals surface area contributed by atoms with Crippen LogP contribution in [-0.2, 0) is 16.4 Å². The average Bonchev–Trinajstić information content (AvgIpc) is 2.27. The van der Waals surface area contributed by atoms with Crippen molar-refractivity contribution >= 4 is 10.0 Å². The van der Waals surface area contributed by atoms with E-state index in [0.717, 1.165) is 0 Å². The fourth-order valence-corrected chi connectivity index (χ4v) is 1.77. The van der Waals surface area contributed by atoms with Gasteiger partial charge in [-0.2, -0.15) is 13.2 Å². The van der Waals surface area contributed by atoms with E-state index in [0.29, 0.717) is 11.3 Å². The topological polar surface area (TPSA) is 55.4 Å². The molecule has 1 aromatic rings. The third-order valence-electron chi connectivity index (χ3n) is 2.14. The van der Waals surface area contributed by atoms with E-state index >= 15 is 0 Å². The van der Waals surface area contributed by atoms with E-state index in [1.807, 2.05) is 0 Å². The Bertz CT molecular complexity index is 499. The summed E-state index contributed by atoms with van der Waals surface area (Å²) in [6, 6.07) is 6.65. The van der Waals surface area contributed by atoms with Gasteiger partial charge in [0.05, 0.1) is 7.11 Å². The molecule has 0 atom stereocenters. The fourth-order valence-electron chi connectivity index (χ4n) is 1.24. The summed E-state index contributed by atoms with van der Waals surface area (Å²) in [5.41, 5.74) is -4.60. The minimum Gasteiger partial charge on any atom is -0.497 e. The molecule has 8 heteroatoms. The first-order valence-corrected chi connectivity index (χ1v) is 6.43. The van der Waals surface area contributed by atoms with Crippen LogP contribution in [0.1, 0.15) is 5.56 Å². The van der Waals surface area contributed by atoms with Gasteiger partial charge in [-0.1, -0.05) is 12.1 Å². The van der Waals surface area contributed by atoms with Crippen LogP contribution in [-0.4, -0.2) is 27.6 Å². The maximum absolute atomic E-state index is 12.0. The van der Waals surface area contributed by atoms with Gasteiger partial charge in [-0.05, 0) is 24.1 Å². The SMILES string of the molecule is COc1cccc(CCNS(=O)(=O)C(F)(F)F)c1. The van der Waals surface area contributed by atoms with Crippen molar-refractivity contribution in [3.05, 3.63) is 29.8 Å². The third kappa shape index (κ3) is 3.88. The van der Waals surface area contributed by atoms with E-state index in [2.05, 4.69) is 0 Å². The van der Waals surface area contributed by atoms with Crippen molar-refractivity contribution in [1.82, 2.24) is 4.72 Å². The summed E-state index contributed by atoms with van der Waals surface area (Å²) in [5.74, 6) is 0.561. The highest BCUT2D eigenvalue weighted by atomic mass is 32.2. The van der Waals surface area contributed by atoms with Gasteiger partial charge in [-0.25, -0.2) is 13.1 Å². The molecule has 1 N–H and O–H groups in total. The van der Waals surface area contributed by atoms with Gasteiger partial charge in [-0.3, -0.25) is 0 Å². The quantitative estimate of drug-likeness (QED) is 0.894. The van der Waals surface area contributed by atoms with Gasteiger partial charge < -0.3 is 4.74 Å². The van der Waals surface area contributed by atoms with Crippen LogP contribution in [0.5, 0.6) is 5.75 Å². The second-order valence-corrected chi connectivity index (χ2v) is 5.20. The molecule has 0 saturated heterocycles. The molecule has 0 spiro atoms. The number of hydrogen-bond donors (Lipinski definition) is 1. The van der Waals surface area contributed by atoms with Crippen molar-refractivity contribution in [2.45, 2.75) is 11.9 Å². The van der Waals surface area contributed by atoms with E-state index in [1.165, 1.54) is 11.8 Å². The number of ether oxygens (including phenoxy) is 1. The molecule has 0 fully saturated rings.